The Balaban J connectivity index is 1.48. The molecule has 3 aromatic carbocycles. The molecule has 46 heavy (non-hydrogen) atoms. The van der Waals surface area contributed by atoms with Gasteiger partial charge in [0.2, 0.25) is 0 Å². The number of aliphatic hydroxyl groups excluding tert-OH is 1. The first-order valence-electron chi connectivity index (χ1n) is 14.5. The zero-order valence-corrected chi connectivity index (χ0v) is 26.1. The molecule has 6 rings (SSSR count). The van der Waals surface area contributed by atoms with E-state index < -0.39 is 29.5 Å². The summed E-state index contributed by atoms with van der Waals surface area (Å²) in [5.41, 5.74) is 1.82. The van der Waals surface area contributed by atoms with E-state index in [2.05, 4.69) is 4.98 Å². The number of thiazole rings is 1. The summed E-state index contributed by atoms with van der Waals surface area (Å²) in [6.07, 6.45) is 0. The predicted molar refractivity (Wildman–Crippen MR) is 169 cm³/mol. The summed E-state index contributed by atoms with van der Waals surface area (Å²) in [5.74, 6) is -1.14. The molecule has 0 aliphatic carbocycles. The number of esters is 1. The van der Waals surface area contributed by atoms with Crippen molar-refractivity contribution in [3.8, 4) is 23.0 Å². The van der Waals surface area contributed by atoms with Gasteiger partial charge in [-0.3, -0.25) is 14.5 Å². The standard InChI is InChI=1S/C34H30N2O9S/c1-4-42-25-16-21(10-12-24(25)45-18-20-8-6-5-7-9-20)28-27(29(37)22-11-13-23-26(17-22)44-15-14-43-23)30(38)32(39)36(28)34-35-19(2)31(46-34)33(40)41-3/h5-13,16-17,28,37H,4,14-15,18H2,1-3H3/b29-27+/t28-/m0/s1. The molecule has 4 aromatic rings. The van der Waals surface area contributed by atoms with E-state index in [0.29, 0.717) is 54.1 Å². The quantitative estimate of drug-likeness (QED) is 0.106. The van der Waals surface area contributed by atoms with Crippen molar-refractivity contribution >= 4 is 39.9 Å². The van der Waals surface area contributed by atoms with Crippen LogP contribution in [0.2, 0.25) is 0 Å². The van der Waals surface area contributed by atoms with E-state index >= 15 is 0 Å². The molecule has 0 bridgehead atoms. The summed E-state index contributed by atoms with van der Waals surface area (Å²) >= 11 is 0.916. The fraction of sp³-hybridized carbons (Fsp3) is 0.235. The second-order valence-corrected chi connectivity index (χ2v) is 11.3. The van der Waals surface area contributed by atoms with Crippen LogP contribution in [0.4, 0.5) is 5.13 Å². The number of nitrogens with zero attached hydrogens (tertiary/aromatic N) is 2. The van der Waals surface area contributed by atoms with Gasteiger partial charge in [-0.15, -0.1) is 0 Å². The molecule has 1 fully saturated rings. The van der Waals surface area contributed by atoms with Crippen LogP contribution in [-0.2, 0) is 20.9 Å². The Hall–Kier alpha value is -5.36. The number of Topliss-reactive ketones (excluding diaryl/α,β-unsaturated/α-hetero) is 1. The number of aromatic nitrogens is 1. The molecule has 1 aromatic heterocycles. The van der Waals surface area contributed by atoms with Crippen LogP contribution in [0.1, 0.15) is 45.0 Å². The number of hydrogen-bond donors (Lipinski definition) is 1. The summed E-state index contributed by atoms with van der Waals surface area (Å²) in [4.78, 5) is 45.8. The predicted octanol–water partition coefficient (Wildman–Crippen LogP) is 5.61. The maximum atomic E-state index is 13.8. The fourth-order valence-electron chi connectivity index (χ4n) is 5.28. The highest BCUT2D eigenvalue weighted by atomic mass is 32.1. The van der Waals surface area contributed by atoms with E-state index in [4.69, 9.17) is 23.7 Å². The molecule has 0 radical (unpaired) electrons. The van der Waals surface area contributed by atoms with Crippen LogP contribution in [-0.4, -0.2) is 54.7 Å². The SMILES string of the molecule is CCOc1cc([C@H]2/C(=C(\O)c3ccc4c(c3)OCCO4)C(=O)C(=O)N2c2nc(C)c(C(=O)OC)s2)ccc1OCc1ccccc1. The van der Waals surface area contributed by atoms with Crippen LogP contribution < -0.4 is 23.8 Å². The van der Waals surface area contributed by atoms with Crippen LogP contribution >= 0.6 is 11.3 Å². The Morgan fingerprint density at radius 3 is 2.50 bits per heavy atom. The molecule has 0 spiro atoms. The molecule has 2 aliphatic rings. The van der Waals surface area contributed by atoms with Crippen molar-refractivity contribution in [3.63, 3.8) is 0 Å². The molecule has 12 heteroatoms. The van der Waals surface area contributed by atoms with Crippen molar-refractivity contribution in [2.75, 3.05) is 31.8 Å². The Labute approximate surface area is 268 Å². The number of ether oxygens (including phenoxy) is 5. The molecule has 1 saturated heterocycles. The monoisotopic (exact) mass is 642 g/mol. The van der Waals surface area contributed by atoms with Gasteiger partial charge in [0.15, 0.2) is 28.1 Å². The Morgan fingerprint density at radius 1 is 1.00 bits per heavy atom. The number of amides is 1. The number of fused-ring (bicyclic) bond motifs is 1. The zero-order valence-electron chi connectivity index (χ0n) is 25.3. The number of carbonyl (C=O) groups excluding carboxylic acids is 3. The summed E-state index contributed by atoms with van der Waals surface area (Å²) in [5, 5.41) is 11.8. The first-order chi connectivity index (χ1) is 22.3. The van der Waals surface area contributed by atoms with Gasteiger partial charge in [0.1, 0.15) is 30.5 Å². The summed E-state index contributed by atoms with van der Waals surface area (Å²) in [6.45, 7) is 4.76. The molecule has 0 unspecified atom stereocenters. The van der Waals surface area contributed by atoms with E-state index in [1.54, 1.807) is 43.3 Å². The number of aryl methyl sites for hydroxylation is 1. The lowest BCUT2D eigenvalue weighted by molar-refractivity contribution is -0.132. The number of rotatable bonds is 9. The molecular formula is C34H30N2O9S. The number of hydrogen-bond acceptors (Lipinski definition) is 11. The first-order valence-corrected chi connectivity index (χ1v) is 15.3. The minimum atomic E-state index is -1.13. The van der Waals surface area contributed by atoms with Crippen LogP contribution in [0.15, 0.2) is 72.3 Å². The topological polar surface area (TPSA) is 134 Å². The molecular weight excluding hydrogens is 612 g/mol. The summed E-state index contributed by atoms with van der Waals surface area (Å²) in [6, 6.07) is 18.4. The van der Waals surface area contributed by atoms with Crippen LogP contribution in [0.25, 0.3) is 5.76 Å². The minimum absolute atomic E-state index is 0.0913. The minimum Gasteiger partial charge on any atom is -0.507 e. The van der Waals surface area contributed by atoms with Crippen molar-refractivity contribution in [1.29, 1.82) is 0 Å². The van der Waals surface area contributed by atoms with Crippen molar-refractivity contribution in [2.45, 2.75) is 26.5 Å². The van der Waals surface area contributed by atoms with Gasteiger partial charge >= 0.3 is 11.9 Å². The van der Waals surface area contributed by atoms with Gasteiger partial charge in [-0.2, -0.15) is 0 Å². The molecule has 1 atom stereocenters. The van der Waals surface area contributed by atoms with Crippen molar-refractivity contribution < 1.29 is 43.2 Å². The number of anilines is 1. The molecule has 236 valence electrons. The van der Waals surface area contributed by atoms with Crippen molar-refractivity contribution in [1.82, 2.24) is 4.98 Å². The Morgan fingerprint density at radius 2 is 1.76 bits per heavy atom. The van der Waals surface area contributed by atoms with Gasteiger partial charge in [-0.25, -0.2) is 9.78 Å². The second kappa shape index (κ2) is 12.9. The number of methoxy groups -OCH3 is 1. The Kier molecular flexibility index (Phi) is 8.62. The normalized spacial score (nSPS) is 16.8. The van der Waals surface area contributed by atoms with E-state index in [-0.39, 0.29) is 27.8 Å². The maximum Gasteiger partial charge on any atom is 0.350 e. The third-order valence-corrected chi connectivity index (χ3v) is 8.58. The molecule has 11 nitrogen and oxygen atoms in total. The van der Waals surface area contributed by atoms with E-state index in [1.165, 1.54) is 12.0 Å². The molecule has 1 amide bonds. The highest BCUT2D eigenvalue weighted by Gasteiger charge is 2.49. The van der Waals surface area contributed by atoms with Gasteiger partial charge < -0.3 is 28.8 Å². The van der Waals surface area contributed by atoms with Crippen molar-refractivity contribution in [3.05, 3.63) is 99.6 Å². The number of ketones is 1. The van der Waals surface area contributed by atoms with E-state index in [9.17, 15) is 19.5 Å². The highest BCUT2D eigenvalue weighted by Crippen LogP contribution is 2.46. The summed E-state index contributed by atoms with van der Waals surface area (Å²) in [7, 11) is 1.25. The lowest BCUT2D eigenvalue weighted by Gasteiger charge is -2.24. The fourth-order valence-corrected chi connectivity index (χ4v) is 6.29. The van der Waals surface area contributed by atoms with Crippen LogP contribution in [0.3, 0.4) is 0 Å². The number of benzene rings is 3. The summed E-state index contributed by atoms with van der Waals surface area (Å²) < 4.78 is 28.2. The van der Waals surface area contributed by atoms with Gasteiger partial charge in [-0.1, -0.05) is 47.7 Å². The van der Waals surface area contributed by atoms with Gasteiger partial charge in [0.05, 0.1) is 31.0 Å². The molecule has 0 saturated carbocycles. The zero-order chi connectivity index (χ0) is 32.4. The average Bonchev–Trinajstić information content (AvgIpc) is 3.59. The average molecular weight is 643 g/mol. The maximum absolute atomic E-state index is 13.8. The van der Waals surface area contributed by atoms with E-state index in [0.717, 1.165) is 16.9 Å². The lowest BCUT2D eigenvalue weighted by Crippen LogP contribution is -2.29. The van der Waals surface area contributed by atoms with Gasteiger partial charge in [-0.05, 0) is 55.3 Å². The molecule has 2 aliphatic heterocycles. The number of aliphatic hydroxyl groups is 1. The van der Waals surface area contributed by atoms with Crippen molar-refractivity contribution in [2.24, 2.45) is 0 Å². The second-order valence-electron chi connectivity index (χ2n) is 10.3. The first kappa shape index (κ1) is 30.7. The third-order valence-electron chi connectivity index (χ3n) is 7.44. The number of carbonyl (C=O) groups is 3. The largest absolute Gasteiger partial charge is 0.507 e. The smallest absolute Gasteiger partial charge is 0.350 e. The van der Waals surface area contributed by atoms with Crippen LogP contribution in [0.5, 0.6) is 23.0 Å². The van der Waals surface area contributed by atoms with Gasteiger partial charge in [0, 0.05) is 5.56 Å². The molecule has 1 N–H and O–H groups in total. The van der Waals surface area contributed by atoms with Crippen LogP contribution in [0, 0.1) is 6.92 Å². The third kappa shape index (κ3) is 5.74. The molecule has 3 heterocycles. The van der Waals surface area contributed by atoms with Gasteiger partial charge in [0.25, 0.3) is 5.78 Å². The van der Waals surface area contributed by atoms with E-state index in [1.807, 2.05) is 37.3 Å². The lowest BCUT2D eigenvalue weighted by atomic mass is 9.95. The highest BCUT2D eigenvalue weighted by molar-refractivity contribution is 7.17. The Bertz CT molecular complexity index is 1850.